The van der Waals surface area contributed by atoms with Crippen molar-refractivity contribution in [3.05, 3.63) is 59.4 Å². The summed E-state index contributed by atoms with van der Waals surface area (Å²) >= 11 is 7.28. The molecule has 9 nitrogen and oxygen atoms in total. The Hall–Kier alpha value is -3.02. The standard InChI is InChI=1S/C24H25N5O4S2/c1-13-19-18(14(2)30)22(31)29(19)20(23(32)33)21(13)35-15-11-27(16-7-3-5-9-25-16)24(34)28(12-15)17-8-4-6-10-26-17/h3-10,13-15,18-19,30H,11-12H2,1-2H3,(H,32,33)/t13-,14-,18-,19-/m1/s1. The zero-order valence-corrected chi connectivity index (χ0v) is 20.8. The van der Waals surface area contributed by atoms with E-state index in [1.54, 1.807) is 19.3 Å². The molecule has 2 fully saturated rings. The predicted octanol–water partition coefficient (Wildman–Crippen LogP) is 2.34. The number of aliphatic carboxylic acids is 1. The molecule has 4 atom stereocenters. The van der Waals surface area contributed by atoms with Gasteiger partial charge >= 0.3 is 5.97 Å². The quantitative estimate of drug-likeness (QED) is 0.443. The van der Waals surface area contributed by atoms with Gasteiger partial charge in [-0.25, -0.2) is 14.8 Å². The number of rotatable bonds is 6. The molecule has 0 saturated carbocycles. The molecule has 2 aromatic rings. The molecular formula is C24H25N5O4S2. The highest BCUT2D eigenvalue weighted by Gasteiger charge is 2.60. The van der Waals surface area contributed by atoms with Gasteiger partial charge in [0.25, 0.3) is 0 Å². The topological polar surface area (TPSA) is 110 Å². The lowest BCUT2D eigenvalue weighted by molar-refractivity contribution is -0.163. The number of anilines is 2. The molecule has 0 aromatic carbocycles. The molecule has 0 radical (unpaired) electrons. The van der Waals surface area contributed by atoms with Gasteiger partial charge in [0.05, 0.1) is 18.1 Å². The van der Waals surface area contributed by atoms with E-state index >= 15 is 0 Å². The molecule has 5 rings (SSSR count). The lowest BCUT2D eigenvalue weighted by Crippen LogP contribution is -2.63. The molecule has 182 valence electrons. The van der Waals surface area contributed by atoms with E-state index in [1.165, 1.54) is 16.7 Å². The lowest BCUT2D eigenvalue weighted by atomic mass is 9.79. The molecule has 0 spiro atoms. The van der Waals surface area contributed by atoms with E-state index in [1.807, 2.05) is 53.1 Å². The monoisotopic (exact) mass is 511 g/mol. The van der Waals surface area contributed by atoms with Crippen molar-refractivity contribution in [3.8, 4) is 0 Å². The van der Waals surface area contributed by atoms with Crippen LogP contribution in [0, 0.1) is 11.8 Å². The van der Waals surface area contributed by atoms with Gasteiger partial charge in [0.2, 0.25) is 5.91 Å². The Morgan fingerprint density at radius 1 is 1.11 bits per heavy atom. The number of amides is 1. The molecule has 35 heavy (non-hydrogen) atoms. The summed E-state index contributed by atoms with van der Waals surface area (Å²) < 4.78 is 0. The van der Waals surface area contributed by atoms with Crippen LogP contribution in [0.15, 0.2) is 59.4 Å². The van der Waals surface area contributed by atoms with Gasteiger partial charge in [-0.15, -0.1) is 11.8 Å². The van der Waals surface area contributed by atoms with Gasteiger partial charge in [0.1, 0.15) is 17.3 Å². The SMILES string of the molecule is C[C@@H](O)[C@H]1C(=O)N2C(C(=O)O)=C(SC3CN(c4ccccn4)C(=S)N(c4ccccn4)C3)[C@H](C)[C@H]12. The second-order valence-electron chi connectivity index (χ2n) is 8.89. The number of hydrogen-bond acceptors (Lipinski definition) is 7. The molecule has 3 aliphatic heterocycles. The van der Waals surface area contributed by atoms with E-state index in [0.717, 1.165) is 0 Å². The number of carboxylic acids is 1. The van der Waals surface area contributed by atoms with Gasteiger partial charge in [-0.1, -0.05) is 19.1 Å². The molecule has 5 heterocycles. The molecule has 3 aliphatic rings. The number of pyridine rings is 2. The minimum Gasteiger partial charge on any atom is -0.477 e. The highest BCUT2D eigenvalue weighted by molar-refractivity contribution is 8.03. The summed E-state index contributed by atoms with van der Waals surface area (Å²) in [5, 5.41) is 20.6. The molecular weight excluding hydrogens is 486 g/mol. The van der Waals surface area contributed by atoms with Crippen molar-refractivity contribution >= 4 is 52.6 Å². The number of carboxylic acid groups (broad SMARTS) is 1. The van der Waals surface area contributed by atoms with Crippen LogP contribution >= 0.6 is 24.0 Å². The van der Waals surface area contributed by atoms with Crippen molar-refractivity contribution in [1.29, 1.82) is 0 Å². The Morgan fingerprint density at radius 2 is 1.69 bits per heavy atom. The molecule has 11 heteroatoms. The van der Waals surface area contributed by atoms with Gasteiger partial charge in [-0.05, 0) is 43.4 Å². The third-order valence-electron chi connectivity index (χ3n) is 6.69. The van der Waals surface area contributed by atoms with E-state index in [0.29, 0.717) is 34.7 Å². The molecule has 2 aromatic heterocycles. The Kier molecular flexibility index (Phi) is 6.24. The molecule has 2 saturated heterocycles. The Morgan fingerprint density at radius 3 is 2.14 bits per heavy atom. The number of hydrogen-bond donors (Lipinski definition) is 2. The third-order valence-corrected chi connectivity index (χ3v) is 8.58. The van der Waals surface area contributed by atoms with Crippen LogP contribution in [0.3, 0.4) is 0 Å². The fraction of sp³-hybridized carbons (Fsp3) is 0.375. The second kappa shape index (κ2) is 9.21. The first kappa shape index (κ1) is 23.7. The predicted molar refractivity (Wildman–Crippen MR) is 137 cm³/mol. The fourth-order valence-electron chi connectivity index (χ4n) is 5.11. The average molecular weight is 512 g/mol. The number of fused-ring (bicyclic) bond motifs is 1. The van der Waals surface area contributed by atoms with Gasteiger partial charge in [-0.3, -0.25) is 4.79 Å². The Labute approximate surface area is 212 Å². The number of carbonyl (C=O) groups excluding carboxylic acids is 1. The smallest absolute Gasteiger partial charge is 0.353 e. The third kappa shape index (κ3) is 3.97. The normalized spacial score (nSPS) is 25.6. The fourth-order valence-corrected chi connectivity index (χ4v) is 6.90. The number of thioether (sulfide) groups is 1. The van der Waals surface area contributed by atoms with Crippen molar-refractivity contribution in [2.75, 3.05) is 22.9 Å². The van der Waals surface area contributed by atoms with Crippen LogP contribution in [0.2, 0.25) is 0 Å². The van der Waals surface area contributed by atoms with Crippen molar-refractivity contribution in [2.45, 2.75) is 31.2 Å². The van der Waals surface area contributed by atoms with Gasteiger partial charge in [-0.2, -0.15) is 0 Å². The highest BCUT2D eigenvalue weighted by atomic mass is 32.2. The second-order valence-corrected chi connectivity index (χ2v) is 10.6. The van der Waals surface area contributed by atoms with Crippen LogP contribution in [0.4, 0.5) is 11.6 Å². The number of β-lactam (4-membered cyclic amide) rings is 1. The summed E-state index contributed by atoms with van der Waals surface area (Å²) in [5.74, 6) is -0.864. The summed E-state index contributed by atoms with van der Waals surface area (Å²) in [5.41, 5.74) is 0.0244. The maximum absolute atomic E-state index is 12.7. The first-order chi connectivity index (χ1) is 16.8. The van der Waals surface area contributed by atoms with E-state index in [-0.39, 0.29) is 28.8 Å². The van der Waals surface area contributed by atoms with E-state index in [4.69, 9.17) is 12.2 Å². The summed E-state index contributed by atoms with van der Waals surface area (Å²) in [4.78, 5) is 39.8. The largest absolute Gasteiger partial charge is 0.477 e. The maximum atomic E-state index is 12.7. The first-order valence-electron chi connectivity index (χ1n) is 11.4. The van der Waals surface area contributed by atoms with E-state index < -0.39 is 18.0 Å². The molecule has 2 N–H and O–H groups in total. The lowest BCUT2D eigenvalue weighted by Gasteiger charge is -2.46. The van der Waals surface area contributed by atoms with Crippen molar-refractivity contribution < 1.29 is 19.8 Å². The molecule has 0 aliphatic carbocycles. The van der Waals surface area contributed by atoms with Gasteiger partial charge in [0.15, 0.2) is 5.11 Å². The number of aliphatic hydroxyl groups excluding tert-OH is 1. The zero-order valence-electron chi connectivity index (χ0n) is 19.2. The molecule has 0 unspecified atom stereocenters. The van der Waals surface area contributed by atoms with Crippen LogP contribution in [-0.4, -0.2) is 72.6 Å². The number of nitrogens with zero attached hydrogens (tertiary/aromatic N) is 5. The van der Waals surface area contributed by atoms with Crippen LogP contribution in [-0.2, 0) is 9.59 Å². The van der Waals surface area contributed by atoms with Crippen LogP contribution in [0.5, 0.6) is 0 Å². The van der Waals surface area contributed by atoms with Crippen LogP contribution in [0.1, 0.15) is 13.8 Å². The summed E-state index contributed by atoms with van der Waals surface area (Å²) in [6.07, 6.45) is 2.57. The molecule has 1 amide bonds. The summed E-state index contributed by atoms with van der Waals surface area (Å²) in [6, 6.07) is 10.9. The number of aromatic nitrogens is 2. The first-order valence-corrected chi connectivity index (χ1v) is 12.6. The van der Waals surface area contributed by atoms with Crippen molar-refractivity contribution in [2.24, 2.45) is 11.8 Å². The van der Waals surface area contributed by atoms with E-state index in [9.17, 15) is 19.8 Å². The number of aliphatic hydroxyl groups is 1. The minimum absolute atomic E-state index is 0.0244. The number of thiocarbonyl (C=S) groups is 1. The van der Waals surface area contributed by atoms with E-state index in [2.05, 4.69) is 9.97 Å². The summed E-state index contributed by atoms with van der Waals surface area (Å²) in [7, 11) is 0. The van der Waals surface area contributed by atoms with Crippen molar-refractivity contribution in [3.63, 3.8) is 0 Å². The number of carbonyl (C=O) groups is 2. The Balaban J connectivity index is 1.48. The summed E-state index contributed by atoms with van der Waals surface area (Å²) in [6.45, 7) is 4.55. The van der Waals surface area contributed by atoms with Crippen molar-refractivity contribution in [1.82, 2.24) is 14.9 Å². The van der Waals surface area contributed by atoms with Gasteiger partial charge in [0, 0.05) is 41.6 Å². The van der Waals surface area contributed by atoms with Crippen LogP contribution in [0.25, 0.3) is 0 Å². The van der Waals surface area contributed by atoms with Crippen LogP contribution < -0.4 is 9.80 Å². The Bertz CT molecular complexity index is 1140. The molecule has 0 bridgehead atoms. The average Bonchev–Trinajstić information content (AvgIpc) is 3.09. The maximum Gasteiger partial charge on any atom is 0.353 e. The highest BCUT2D eigenvalue weighted by Crippen LogP contribution is 2.51. The zero-order chi connectivity index (χ0) is 24.9. The van der Waals surface area contributed by atoms with Gasteiger partial charge < -0.3 is 24.9 Å². The minimum atomic E-state index is -1.13.